The number of aromatic nitrogens is 2. The Hall–Kier alpha value is -2.10. The molecule has 0 spiro atoms. The third kappa shape index (κ3) is 1.82. The van der Waals surface area contributed by atoms with Gasteiger partial charge in [-0.25, -0.2) is 9.78 Å². The van der Waals surface area contributed by atoms with E-state index in [1.807, 2.05) is 31.2 Å². The number of nitrogens with zero attached hydrogens (tertiary/aromatic N) is 3. The molecule has 0 saturated heterocycles. The number of carbonyl (C=O) groups excluding carboxylic acids is 1. The smallest absolute Gasteiger partial charge is 0.297 e. The summed E-state index contributed by atoms with van der Waals surface area (Å²) >= 11 is 0. The number of rotatable bonds is 1. The van der Waals surface area contributed by atoms with Gasteiger partial charge < -0.3 is 0 Å². The first-order valence-electron chi connectivity index (χ1n) is 5.02. The highest BCUT2D eigenvalue weighted by atomic mass is 16.2. The predicted octanol–water partition coefficient (Wildman–Crippen LogP) is 2.30. The second-order valence-electron chi connectivity index (χ2n) is 3.60. The Balaban J connectivity index is 2.30. The van der Waals surface area contributed by atoms with Crippen LogP contribution >= 0.6 is 0 Å². The molecule has 2 aromatic rings. The van der Waals surface area contributed by atoms with Crippen molar-refractivity contribution in [2.75, 3.05) is 11.9 Å². The molecule has 1 aromatic heterocycles. The topological polar surface area (TPSA) is 38.1 Å². The fourth-order valence-electron chi connectivity index (χ4n) is 1.59. The molecule has 0 atom stereocenters. The van der Waals surface area contributed by atoms with Gasteiger partial charge in [-0.2, -0.15) is 0 Å². The summed E-state index contributed by atoms with van der Waals surface area (Å²) in [5.41, 5.74) is 1.97. The van der Waals surface area contributed by atoms with Crippen LogP contribution in [0, 0.1) is 6.92 Å². The molecule has 0 aliphatic heterocycles. The zero-order chi connectivity index (χ0) is 11.5. The Morgan fingerprint density at radius 3 is 2.75 bits per heavy atom. The van der Waals surface area contributed by atoms with Crippen molar-refractivity contribution in [2.45, 2.75) is 6.92 Å². The number of hydrogen-bond donors (Lipinski definition) is 0. The van der Waals surface area contributed by atoms with Gasteiger partial charge in [0.2, 0.25) is 0 Å². The van der Waals surface area contributed by atoms with E-state index in [4.69, 9.17) is 0 Å². The number of amides is 1. The first-order valence-corrected chi connectivity index (χ1v) is 5.02. The van der Waals surface area contributed by atoms with E-state index in [-0.39, 0.29) is 6.03 Å². The summed E-state index contributed by atoms with van der Waals surface area (Å²) in [6.45, 7) is 1.98. The molecule has 1 heterocycles. The number of benzene rings is 1. The van der Waals surface area contributed by atoms with Crippen LogP contribution < -0.4 is 4.90 Å². The van der Waals surface area contributed by atoms with Gasteiger partial charge in [-0.15, -0.1) is 0 Å². The van der Waals surface area contributed by atoms with Crippen molar-refractivity contribution in [3.8, 4) is 0 Å². The Labute approximate surface area is 94.1 Å². The number of aryl methyl sites for hydroxylation is 1. The van der Waals surface area contributed by atoms with Gasteiger partial charge in [0.1, 0.15) is 6.33 Å². The lowest BCUT2D eigenvalue weighted by atomic mass is 10.2. The van der Waals surface area contributed by atoms with Gasteiger partial charge in [0.15, 0.2) is 0 Å². The molecule has 1 amide bonds. The minimum atomic E-state index is -0.119. The van der Waals surface area contributed by atoms with Crippen molar-refractivity contribution >= 4 is 11.7 Å². The summed E-state index contributed by atoms with van der Waals surface area (Å²) < 4.78 is 1.45. The van der Waals surface area contributed by atoms with E-state index in [0.717, 1.165) is 11.3 Å². The average Bonchev–Trinajstić information content (AvgIpc) is 2.81. The fourth-order valence-corrected chi connectivity index (χ4v) is 1.59. The molecule has 0 radical (unpaired) electrons. The Kier molecular flexibility index (Phi) is 2.72. The molecule has 16 heavy (non-hydrogen) atoms. The summed E-state index contributed by atoms with van der Waals surface area (Å²) in [5.74, 6) is 0. The molecule has 4 nitrogen and oxygen atoms in total. The van der Waals surface area contributed by atoms with Crippen molar-refractivity contribution in [1.29, 1.82) is 0 Å². The molecular formula is C12H13N3O. The molecule has 0 aliphatic rings. The maximum atomic E-state index is 12.0. The van der Waals surface area contributed by atoms with E-state index < -0.39 is 0 Å². The van der Waals surface area contributed by atoms with Crippen molar-refractivity contribution in [1.82, 2.24) is 9.55 Å². The maximum absolute atomic E-state index is 12.0. The number of carbonyl (C=O) groups is 1. The Morgan fingerprint density at radius 2 is 2.12 bits per heavy atom. The zero-order valence-electron chi connectivity index (χ0n) is 9.29. The fraction of sp³-hybridized carbons (Fsp3) is 0.167. The lowest BCUT2D eigenvalue weighted by molar-refractivity contribution is 0.249. The Morgan fingerprint density at radius 1 is 1.38 bits per heavy atom. The van der Waals surface area contributed by atoms with Gasteiger partial charge in [-0.3, -0.25) is 9.47 Å². The van der Waals surface area contributed by atoms with Crippen molar-refractivity contribution in [3.63, 3.8) is 0 Å². The minimum Gasteiger partial charge on any atom is -0.297 e. The van der Waals surface area contributed by atoms with Crippen LogP contribution in [-0.4, -0.2) is 22.6 Å². The van der Waals surface area contributed by atoms with Crippen LogP contribution in [0.2, 0.25) is 0 Å². The summed E-state index contributed by atoms with van der Waals surface area (Å²) in [5, 5.41) is 0. The summed E-state index contributed by atoms with van der Waals surface area (Å²) in [6.07, 6.45) is 4.72. The lowest BCUT2D eigenvalue weighted by Gasteiger charge is -2.19. The largest absolute Gasteiger partial charge is 0.333 e. The lowest BCUT2D eigenvalue weighted by Crippen LogP contribution is -2.30. The molecule has 82 valence electrons. The molecule has 0 saturated carbocycles. The van der Waals surface area contributed by atoms with Crippen molar-refractivity contribution in [3.05, 3.63) is 48.5 Å². The number of hydrogen-bond acceptors (Lipinski definition) is 2. The first-order chi connectivity index (χ1) is 7.70. The van der Waals surface area contributed by atoms with E-state index in [1.165, 1.54) is 10.9 Å². The van der Waals surface area contributed by atoms with Crippen LogP contribution in [0.3, 0.4) is 0 Å². The van der Waals surface area contributed by atoms with Gasteiger partial charge in [0.25, 0.3) is 0 Å². The van der Waals surface area contributed by atoms with E-state index >= 15 is 0 Å². The molecule has 0 bridgehead atoms. The van der Waals surface area contributed by atoms with Crippen LogP contribution in [0.4, 0.5) is 10.5 Å². The highest BCUT2D eigenvalue weighted by Crippen LogP contribution is 2.18. The van der Waals surface area contributed by atoms with E-state index in [9.17, 15) is 4.79 Å². The summed E-state index contributed by atoms with van der Waals surface area (Å²) in [7, 11) is 1.75. The van der Waals surface area contributed by atoms with Gasteiger partial charge in [0.05, 0.1) is 0 Å². The number of para-hydroxylation sites is 1. The van der Waals surface area contributed by atoms with Crippen LogP contribution in [0.15, 0.2) is 43.0 Å². The zero-order valence-corrected chi connectivity index (χ0v) is 9.29. The van der Waals surface area contributed by atoms with Crippen LogP contribution in [0.1, 0.15) is 5.56 Å². The highest BCUT2D eigenvalue weighted by Gasteiger charge is 2.13. The summed E-state index contributed by atoms with van der Waals surface area (Å²) in [4.78, 5) is 17.5. The molecule has 0 N–H and O–H groups in total. The molecule has 2 rings (SSSR count). The summed E-state index contributed by atoms with van der Waals surface area (Å²) in [6, 6.07) is 7.65. The first kappa shape index (κ1) is 10.4. The molecule has 4 heteroatoms. The molecule has 0 fully saturated rings. The average molecular weight is 215 g/mol. The SMILES string of the molecule is Cc1ccccc1N(C)C(=O)n1ccnc1. The van der Waals surface area contributed by atoms with E-state index in [1.54, 1.807) is 24.3 Å². The van der Waals surface area contributed by atoms with Gasteiger partial charge in [-0.05, 0) is 18.6 Å². The van der Waals surface area contributed by atoms with Crippen LogP contribution in [-0.2, 0) is 0 Å². The van der Waals surface area contributed by atoms with Crippen LogP contribution in [0.25, 0.3) is 0 Å². The van der Waals surface area contributed by atoms with Gasteiger partial charge >= 0.3 is 6.03 Å². The normalized spacial score (nSPS) is 10.1. The monoisotopic (exact) mass is 215 g/mol. The maximum Gasteiger partial charge on any atom is 0.333 e. The van der Waals surface area contributed by atoms with Crippen LogP contribution in [0.5, 0.6) is 0 Å². The van der Waals surface area contributed by atoms with E-state index in [2.05, 4.69) is 4.98 Å². The second-order valence-corrected chi connectivity index (χ2v) is 3.60. The van der Waals surface area contributed by atoms with E-state index in [0.29, 0.717) is 0 Å². The second kappa shape index (κ2) is 4.18. The predicted molar refractivity (Wildman–Crippen MR) is 62.6 cm³/mol. The molecule has 1 aromatic carbocycles. The minimum absolute atomic E-state index is 0.119. The third-order valence-corrected chi connectivity index (χ3v) is 2.49. The number of anilines is 1. The standard InChI is InChI=1S/C12H13N3O/c1-10-5-3-4-6-11(10)14(2)12(16)15-8-7-13-9-15/h3-9H,1-2H3. The Bertz CT molecular complexity index is 491. The molecule has 0 unspecified atom stereocenters. The molecule has 0 aliphatic carbocycles. The third-order valence-electron chi connectivity index (χ3n) is 2.49. The molecular weight excluding hydrogens is 202 g/mol. The van der Waals surface area contributed by atoms with Crippen molar-refractivity contribution in [2.24, 2.45) is 0 Å². The van der Waals surface area contributed by atoms with Crippen molar-refractivity contribution < 1.29 is 4.79 Å². The quantitative estimate of drug-likeness (QED) is 0.732. The highest BCUT2D eigenvalue weighted by molar-refractivity contribution is 5.93. The van der Waals surface area contributed by atoms with Gasteiger partial charge in [0, 0.05) is 25.1 Å². The van der Waals surface area contributed by atoms with Gasteiger partial charge in [-0.1, -0.05) is 18.2 Å². The number of imidazole rings is 1.